The third kappa shape index (κ3) is 4.11. The van der Waals surface area contributed by atoms with Gasteiger partial charge in [-0.2, -0.15) is 0 Å². The molecular formula is C28H33BrN2O4S. The van der Waals surface area contributed by atoms with Gasteiger partial charge in [0.15, 0.2) is 5.78 Å². The number of nitrogens with one attached hydrogen (secondary N) is 1. The van der Waals surface area contributed by atoms with Crippen LogP contribution < -0.4 is 4.74 Å². The smallest absolute Gasteiger partial charge is 0.216 e. The lowest BCUT2D eigenvalue weighted by molar-refractivity contribution is 0.103. The van der Waals surface area contributed by atoms with E-state index in [1.54, 1.807) is 18.2 Å². The van der Waals surface area contributed by atoms with Crippen molar-refractivity contribution in [2.24, 2.45) is 5.92 Å². The van der Waals surface area contributed by atoms with Crippen molar-refractivity contribution in [1.29, 1.82) is 0 Å². The van der Waals surface area contributed by atoms with Crippen molar-refractivity contribution in [3.8, 4) is 5.75 Å². The number of rotatable bonds is 6. The molecule has 1 atom stereocenters. The van der Waals surface area contributed by atoms with Gasteiger partial charge in [-0.1, -0.05) is 28.9 Å². The third-order valence-electron chi connectivity index (χ3n) is 8.09. The fourth-order valence-electron chi connectivity index (χ4n) is 5.57. The maximum absolute atomic E-state index is 13.6. The van der Waals surface area contributed by atoms with E-state index in [1.807, 2.05) is 36.4 Å². The first-order valence-corrected chi connectivity index (χ1v) is 15.0. The fraction of sp³-hybridized carbons (Fsp3) is 0.464. The van der Waals surface area contributed by atoms with Crippen molar-refractivity contribution in [1.82, 2.24) is 9.29 Å². The Hall–Kier alpha value is -2.16. The molecule has 5 rings (SSSR count). The van der Waals surface area contributed by atoms with Crippen LogP contribution in [0.3, 0.4) is 0 Å². The average molecular weight is 574 g/mol. The largest absolute Gasteiger partial charge is 0.493 e. The number of sulfonamides is 1. The van der Waals surface area contributed by atoms with Crippen LogP contribution in [0.4, 0.5) is 0 Å². The Morgan fingerprint density at radius 1 is 1.17 bits per heavy atom. The summed E-state index contributed by atoms with van der Waals surface area (Å²) >= 11 is 3.54. The molecule has 1 aliphatic carbocycles. The molecular weight excluding hydrogens is 540 g/mol. The molecule has 1 aromatic heterocycles. The van der Waals surface area contributed by atoms with Gasteiger partial charge in [0.05, 0.1) is 17.4 Å². The average Bonchev–Trinajstić information content (AvgIpc) is 3.25. The molecule has 1 fully saturated rings. The van der Waals surface area contributed by atoms with Gasteiger partial charge < -0.3 is 9.72 Å². The van der Waals surface area contributed by atoms with E-state index >= 15 is 0 Å². The Labute approximate surface area is 221 Å². The lowest BCUT2D eigenvalue weighted by Gasteiger charge is -2.35. The van der Waals surface area contributed by atoms with Gasteiger partial charge >= 0.3 is 0 Å². The minimum atomic E-state index is -3.20. The zero-order chi connectivity index (χ0) is 25.8. The SMILES string of the molecule is CCC1(C)c2cc(OCC3CCN(S(=O)(=O)C(C)C)CC3)ccc2C(=O)c2c1[nH]c1cc(Br)ccc21. The van der Waals surface area contributed by atoms with Gasteiger partial charge in [-0.05, 0) is 81.8 Å². The number of fused-ring (bicyclic) bond motifs is 4. The van der Waals surface area contributed by atoms with Crippen LogP contribution in [0.15, 0.2) is 40.9 Å². The molecule has 2 aliphatic rings. The monoisotopic (exact) mass is 572 g/mol. The van der Waals surface area contributed by atoms with E-state index in [1.165, 1.54) is 0 Å². The summed E-state index contributed by atoms with van der Waals surface area (Å²) < 4.78 is 33.7. The zero-order valence-corrected chi connectivity index (χ0v) is 23.6. The van der Waals surface area contributed by atoms with Crippen molar-refractivity contribution >= 4 is 42.6 Å². The highest BCUT2D eigenvalue weighted by atomic mass is 79.9. The molecule has 6 nitrogen and oxygen atoms in total. The second kappa shape index (κ2) is 9.30. The molecule has 36 heavy (non-hydrogen) atoms. The summed E-state index contributed by atoms with van der Waals surface area (Å²) in [6.07, 6.45) is 2.41. The number of halogens is 1. The summed E-state index contributed by atoms with van der Waals surface area (Å²) in [7, 11) is -3.20. The highest BCUT2D eigenvalue weighted by molar-refractivity contribution is 9.10. The van der Waals surface area contributed by atoms with Gasteiger partial charge in [-0.25, -0.2) is 12.7 Å². The van der Waals surface area contributed by atoms with Crippen LogP contribution in [0.25, 0.3) is 10.9 Å². The number of hydrogen-bond acceptors (Lipinski definition) is 4. The number of carbonyl (C=O) groups is 1. The zero-order valence-electron chi connectivity index (χ0n) is 21.2. The lowest BCUT2D eigenvalue weighted by Crippen LogP contribution is -2.42. The molecule has 1 aliphatic heterocycles. The molecule has 1 unspecified atom stereocenters. The Morgan fingerprint density at radius 2 is 1.89 bits per heavy atom. The molecule has 192 valence electrons. The van der Waals surface area contributed by atoms with Crippen molar-refractivity contribution in [3.05, 3.63) is 63.3 Å². The molecule has 1 N–H and O–H groups in total. The van der Waals surface area contributed by atoms with E-state index < -0.39 is 15.3 Å². The molecule has 3 aromatic rings. The number of ether oxygens (including phenoxy) is 1. The van der Waals surface area contributed by atoms with Crippen LogP contribution in [-0.4, -0.2) is 48.4 Å². The Balaban J connectivity index is 1.37. The predicted octanol–water partition coefficient (Wildman–Crippen LogP) is 6.02. The number of hydrogen-bond donors (Lipinski definition) is 1. The van der Waals surface area contributed by atoms with E-state index in [2.05, 4.69) is 34.8 Å². The van der Waals surface area contributed by atoms with Gasteiger partial charge in [-0.3, -0.25) is 4.79 Å². The minimum absolute atomic E-state index is 0.0461. The number of aromatic nitrogens is 1. The molecule has 2 aromatic carbocycles. The second-order valence-electron chi connectivity index (χ2n) is 10.5. The van der Waals surface area contributed by atoms with Gasteiger partial charge in [0.2, 0.25) is 10.0 Å². The molecule has 0 bridgehead atoms. The first kappa shape index (κ1) is 25.5. The molecule has 0 amide bonds. The van der Waals surface area contributed by atoms with Gasteiger partial charge in [0.25, 0.3) is 0 Å². The number of benzene rings is 2. The van der Waals surface area contributed by atoms with Crippen molar-refractivity contribution in [2.45, 2.75) is 57.6 Å². The number of aromatic amines is 1. The molecule has 0 saturated carbocycles. The molecule has 2 heterocycles. The van der Waals surface area contributed by atoms with Crippen LogP contribution in [0.2, 0.25) is 0 Å². The number of ketones is 1. The third-order valence-corrected chi connectivity index (χ3v) is 10.9. The number of piperidine rings is 1. The number of nitrogens with zero attached hydrogens (tertiary/aromatic N) is 1. The topological polar surface area (TPSA) is 79.5 Å². The fourth-order valence-corrected chi connectivity index (χ4v) is 7.24. The van der Waals surface area contributed by atoms with Crippen LogP contribution in [0.5, 0.6) is 5.75 Å². The van der Waals surface area contributed by atoms with E-state index in [-0.39, 0.29) is 11.2 Å². The van der Waals surface area contributed by atoms with E-state index in [9.17, 15) is 13.2 Å². The highest BCUT2D eigenvalue weighted by Crippen LogP contribution is 2.47. The summed E-state index contributed by atoms with van der Waals surface area (Å²) in [5, 5.41) is 0.561. The van der Waals surface area contributed by atoms with Gasteiger partial charge in [0.1, 0.15) is 5.75 Å². The summed E-state index contributed by atoms with van der Waals surface area (Å²) in [6, 6.07) is 11.8. The highest BCUT2D eigenvalue weighted by Gasteiger charge is 2.42. The molecule has 0 radical (unpaired) electrons. The summed E-state index contributed by atoms with van der Waals surface area (Å²) in [5.41, 5.74) is 4.06. The number of H-pyrrole nitrogens is 1. The standard InChI is InChI=1S/C28H33BrN2O4S/c1-5-28(4)23-15-20(35-16-18-10-12-31(13-11-18)36(33,34)17(2)3)7-9-21(23)26(32)25-22-8-6-19(29)14-24(22)30-27(25)28/h6-9,14-15,17-18,30H,5,10-13,16H2,1-4H3. The summed E-state index contributed by atoms with van der Waals surface area (Å²) in [5.74, 6) is 1.10. The Bertz CT molecular complexity index is 1440. The molecule has 1 saturated heterocycles. The molecule has 8 heteroatoms. The van der Waals surface area contributed by atoms with Crippen LogP contribution >= 0.6 is 15.9 Å². The quantitative estimate of drug-likeness (QED) is 0.391. The van der Waals surface area contributed by atoms with Gasteiger partial charge in [0, 0.05) is 45.1 Å². The summed E-state index contributed by atoms with van der Waals surface area (Å²) in [6.45, 7) is 9.42. The maximum atomic E-state index is 13.6. The predicted molar refractivity (Wildman–Crippen MR) is 146 cm³/mol. The van der Waals surface area contributed by atoms with E-state index in [0.29, 0.717) is 25.6 Å². The van der Waals surface area contributed by atoms with Crippen molar-refractivity contribution in [2.75, 3.05) is 19.7 Å². The maximum Gasteiger partial charge on any atom is 0.216 e. The first-order chi connectivity index (χ1) is 17.1. The molecule has 0 spiro atoms. The van der Waals surface area contributed by atoms with E-state index in [0.717, 1.165) is 62.8 Å². The Kier molecular flexibility index (Phi) is 6.58. The van der Waals surface area contributed by atoms with Crippen LogP contribution in [0, 0.1) is 5.92 Å². The summed E-state index contributed by atoms with van der Waals surface area (Å²) in [4.78, 5) is 17.2. The van der Waals surface area contributed by atoms with Crippen LogP contribution in [-0.2, 0) is 15.4 Å². The second-order valence-corrected chi connectivity index (χ2v) is 13.9. The normalized spacial score (nSPS) is 21.1. The Morgan fingerprint density at radius 3 is 2.56 bits per heavy atom. The van der Waals surface area contributed by atoms with Crippen molar-refractivity contribution in [3.63, 3.8) is 0 Å². The van der Waals surface area contributed by atoms with Crippen molar-refractivity contribution < 1.29 is 17.9 Å². The van der Waals surface area contributed by atoms with Gasteiger partial charge in [-0.15, -0.1) is 0 Å². The first-order valence-electron chi connectivity index (χ1n) is 12.7. The minimum Gasteiger partial charge on any atom is -0.493 e. The lowest BCUT2D eigenvalue weighted by atomic mass is 9.68. The van der Waals surface area contributed by atoms with E-state index in [4.69, 9.17) is 4.74 Å². The number of carbonyl (C=O) groups excluding carboxylic acids is 1. The van der Waals surface area contributed by atoms with Crippen LogP contribution in [0.1, 0.15) is 74.1 Å².